The predicted molar refractivity (Wildman–Crippen MR) is 73.7 cm³/mol. The lowest BCUT2D eigenvalue weighted by Crippen LogP contribution is -2.33. The molecule has 0 N–H and O–H groups in total. The third kappa shape index (κ3) is 6.61. The van der Waals surface area contributed by atoms with Gasteiger partial charge in [0.15, 0.2) is 11.0 Å². The number of esters is 2. The van der Waals surface area contributed by atoms with Crippen LogP contribution in [0.1, 0.15) is 34.1 Å². The van der Waals surface area contributed by atoms with Crippen molar-refractivity contribution >= 4 is 28.8 Å². The van der Waals surface area contributed by atoms with Crippen molar-refractivity contribution in [1.82, 2.24) is 0 Å². The topological polar surface area (TPSA) is 69.7 Å². The first-order valence-electron chi connectivity index (χ1n) is 6.00. The number of rotatable bonds is 5. The Morgan fingerprint density at radius 1 is 1.05 bits per heavy atom. The van der Waals surface area contributed by atoms with Gasteiger partial charge in [0.2, 0.25) is 0 Å². The molecule has 0 bridgehead atoms. The highest BCUT2D eigenvalue weighted by molar-refractivity contribution is 8.14. The van der Waals surface area contributed by atoms with Gasteiger partial charge in [0.25, 0.3) is 0 Å². The summed E-state index contributed by atoms with van der Waals surface area (Å²) in [6, 6.07) is 0. The molecule has 0 aliphatic rings. The van der Waals surface area contributed by atoms with Crippen LogP contribution in [-0.4, -0.2) is 36.0 Å². The number of carbonyl (C=O) groups is 3. The van der Waals surface area contributed by atoms with Crippen LogP contribution in [0.25, 0.3) is 0 Å². The minimum Gasteiger partial charge on any atom is -0.468 e. The van der Waals surface area contributed by atoms with Crippen LogP contribution in [0, 0.1) is 11.8 Å². The van der Waals surface area contributed by atoms with E-state index in [1.165, 1.54) is 26.0 Å². The second-order valence-electron chi connectivity index (χ2n) is 5.29. The quantitative estimate of drug-likeness (QED) is 0.570. The van der Waals surface area contributed by atoms with Crippen molar-refractivity contribution in [3.8, 4) is 0 Å². The molecule has 5 nitrogen and oxygen atoms in total. The van der Waals surface area contributed by atoms with Crippen molar-refractivity contribution in [1.29, 1.82) is 0 Å². The summed E-state index contributed by atoms with van der Waals surface area (Å²) >= 11 is 1.20. The summed E-state index contributed by atoms with van der Waals surface area (Å²) in [7, 11) is 2.41. The van der Waals surface area contributed by atoms with Gasteiger partial charge >= 0.3 is 11.9 Å². The number of methoxy groups -OCH3 is 2. The van der Waals surface area contributed by atoms with Crippen molar-refractivity contribution in [2.75, 3.05) is 14.2 Å². The first-order chi connectivity index (χ1) is 8.62. The van der Waals surface area contributed by atoms with E-state index in [0.29, 0.717) is 0 Å². The van der Waals surface area contributed by atoms with E-state index in [-0.39, 0.29) is 16.3 Å². The molecule has 0 saturated heterocycles. The molecule has 0 radical (unpaired) electrons. The summed E-state index contributed by atoms with van der Waals surface area (Å²) in [5.74, 6) is -2.86. The smallest absolute Gasteiger partial charge is 0.320 e. The van der Waals surface area contributed by atoms with Gasteiger partial charge in [-0.25, -0.2) is 0 Å². The highest BCUT2D eigenvalue weighted by Crippen LogP contribution is 2.29. The predicted octanol–water partition coefficient (Wildman–Crippen LogP) is 2.03. The third-order valence-corrected chi connectivity index (χ3v) is 3.39. The van der Waals surface area contributed by atoms with Gasteiger partial charge in [-0.05, 0) is 5.92 Å². The molecule has 0 rings (SSSR count). The van der Waals surface area contributed by atoms with E-state index in [2.05, 4.69) is 9.47 Å². The summed E-state index contributed by atoms with van der Waals surface area (Å²) in [4.78, 5) is 35.0. The van der Waals surface area contributed by atoms with E-state index < -0.39 is 23.8 Å². The van der Waals surface area contributed by atoms with Crippen LogP contribution in [0.2, 0.25) is 0 Å². The molecule has 0 heterocycles. The summed E-state index contributed by atoms with van der Waals surface area (Å²) in [6.45, 7) is 7.45. The Morgan fingerprint density at radius 2 is 1.47 bits per heavy atom. The highest BCUT2D eigenvalue weighted by Gasteiger charge is 2.35. The Bertz CT molecular complexity index is 329. The molecule has 1 atom stereocenters. The maximum atomic E-state index is 11.9. The van der Waals surface area contributed by atoms with Crippen molar-refractivity contribution < 1.29 is 23.9 Å². The van der Waals surface area contributed by atoms with E-state index in [1.807, 2.05) is 20.8 Å². The summed E-state index contributed by atoms with van der Waals surface area (Å²) in [5, 5.41) is -0.0576. The Kier molecular flexibility index (Phi) is 7.11. The Morgan fingerprint density at radius 3 is 1.79 bits per heavy atom. The molecule has 0 fully saturated rings. The number of ether oxygens (including phenoxy) is 2. The highest BCUT2D eigenvalue weighted by atomic mass is 32.2. The van der Waals surface area contributed by atoms with Crippen molar-refractivity contribution in [2.45, 2.75) is 38.9 Å². The molecule has 0 aromatic heterocycles. The Labute approximate surface area is 118 Å². The van der Waals surface area contributed by atoms with Crippen molar-refractivity contribution in [3.63, 3.8) is 0 Å². The zero-order chi connectivity index (χ0) is 15.2. The SMILES string of the molecule is COC(=O)C(C(=O)OC)[C@@H](C)CC(=O)SC(C)(C)C. The number of carbonyl (C=O) groups excluding carboxylic acids is 3. The second-order valence-corrected chi connectivity index (χ2v) is 7.18. The standard InChI is InChI=1S/C13H22O5S/c1-8(7-9(14)19-13(2,3)4)10(11(15)17-5)12(16)18-6/h8,10H,7H2,1-6H3/t8-/m0/s1. The molecular formula is C13H22O5S. The van der Waals surface area contributed by atoms with Gasteiger partial charge in [0.05, 0.1) is 14.2 Å². The lowest BCUT2D eigenvalue weighted by atomic mass is 9.91. The average Bonchev–Trinajstić information content (AvgIpc) is 2.25. The van der Waals surface area contributed by atoms with E-state index >= 15 is 0 Å². The van der Waals surface area contributed by atoms with Crippen LogP contribution in [0.4, 0.5) is 0 Å². The molecular weight excluding hydrogens is 268 g/mol. The number of hydrogen-bond acceptors (Lipinski definition) is 6. The van der Waals surface area contributed by atoms with E-state index in [1.54, 1.807) is 6.92 Å². The van der Waals surface area contributed by atoms with Gasteiger partial charge in [-0.2, -0.15) is 0 Å². The summed E-state index contributed by atoms with van der Waals surface area (Å²) in [6.07, 6.45) is 0.122. The van der Waals surface area contributed by atoms with Gasteiger partial charge in [0, 0.05) is 11.2 Å². The lowest BCUT2D eigenvalue weighted by molar-refractivity contribution is -0.161. The minimum atomic E-state index is -1.06. The van der Waals surface area contributed by atoms with Crippen LogP contribution in [-0.2, 0) is 23.9 Å². The van der Waals surface area contributed by atoms with Crippen LogP contribution < -0.4 is 0 Å². The molecule has 0 aromatic rings. The van der Waals surface area contributed by atoms with E-state index in [0.717, 1.165) is 0 Å². The average molecular weight is 290 g/mol. The Hall–Kier alpha value is -1.04. The zero-order valence-electron chi connectivity index (χ0n) is 12.3. The first kappa shape index (κ1) is 18.0. The summed E-state index contributed by atoms with van der Waals surface area (Å²) in [5.41, 5.74) is 0. The normalized spacial score (nSPS) is 13.0. The van der Waals surface area contributed by atoms with Crippen LogP contribution in [0.15, 0.2) is 0 Å². The van der Waals surface area contributed by atoms with Gasteiger partial charge in [-0.1, -0.05) is 39.5 Å². The monoisotopic (exact) mass is 290 g/mol. The van der Waals surface area contributed by atoms with Gasteiger partial charge in [-0.15, -0.1) is 0 Å². The maximum absolute atomic E-state index is 11.9. The molecule has 0 unspecified atom stereocenters. The molecule has 0 amide bonds. The van der Waals surface area contributed by atoms with Crippen molar-refractivity contribution in [3.05, 3.63) is 0 Å². The molecule has 110 valence electrons. The fourth-order valence-electron chi connectivity index (χ4n) is 1.58. The first-order valence-corrected chi connectivity index (χ1v) is 6.81. The fraction of sp³-hybridized carbons (Fsp3) is 0.769. The third-order valence-electron chi connectivity index (χ3n) is 2.39. The Balaban J connectivity index is 4.74. The molecule has 0 aliphatic heterocycles. The molecule has 6 heteroatoms. The van der Waals surface area contributed by atoms with Crippen LogP contribution in [0.3, 0.4) is 0 Å². The summed E-state index contributed by atoms with van der Waals surface area (Å²) < 4.78 is 8.97. The molecule has 0 aliphatic carbocycles. The number of thioether (sulfide) groups is 1. The largest absolute Gasteiger partial charge is 0.468 e. The fourth-order valence-corrected chi connectivity index (χ4v) is 2.61. The van der Waals surface area contributed by atoms with Gasteiger partial charge in [-0.3, -0.25) is 14.4 Å². The molecule has 0 aromatic carbocycles. The molecule has 19 heavy (non-hydrogen) atoms. The van der Waals surface area contributed by atoms with Crippen molar-refractivity contribution in [2.24, 2.45) is 11.8 Å². The molecule has 0 spiro atoms. The maximum Gasteiger partial charge on any atom is 0.320 e. The van der Waals surface area contributed by atoms with E-state index in [9.17, 15) is 14.4 Å². The molecule has 0 saturated carbocycles. The number of hydrogen-bond donors (Lipinski definition) is 0. The van der Waals surface area contributed by atoms with Gasteiger partial charge in [0.1, 0.15) is 0 Å². The van der Waals surface area contributed by atoms with Crippen LogP contribution in [0.5, 0.6) is 0 Å². The zero-order valence-corrected chi connectivity index (χ0v) is 13.1. The second kappa shape index (κ2) is 7.53. The van der Waals surface area contributed by atoms with Gasteiger partial charge < -0.3 is 9.47 Å². The van der Waals surface area contributed by atoms with E-state index in [4.69, 9.17) is 0 Å². The van der Waals surface area contributed by atoms with Crippen LogP contribution >= 0.6 is 11.8 Å². The lowest BCUT2D eigenvalue weighted by Gasteiger charge is -2.21. The minimum absolute atomic E-state index is 0.0576.